The van der Waals surface area contributed by atoms with Gasteiger partial charge in [-0.25, -0.2) is 13.6 Å². The number of aromatic nitrogens is 2. The van der Waals surface area contributed by atoms with Crippen molar-refractivity contribution < 1.29 is 32.5 Å². The van der Waals surface area contributed by atoms with E-state index >= 15 is 0 Å². The number of nitrogens with one attached hydrogen (secondary N) is 1. The van der Waals surface area contributed by atoms with Crippen molar-refractivity contribution in [2.24, 2.45) is 0 Å². The topological polar surface area (TPSA) is 85.9 Å². The molecule has 0 saturated heterocycles. The molecule has 1 aliphatic rings. The van der Waals surface area contributed by atoms with Gasteiger partial charge in [0.05, 0.1) is 37.7 Å². The first kappa shape index (κ1) is 28.9. The number of halogens is 2. The summed E-state index contributed by atoms with van der Waals surface area (Å²) in [5.74, 6) is 0.241. The molecule has 0 fully saturated rings. The standard InChI is InChI=1S/C29H37F2N3O5/c1-3-38-27(35)19-37-13-7-6-12-36-14-15-39-21-10-11-25(32-17-21)29-28-23(16-20(2)34(29)18-26(30)31)22-8-4-5-9-24(22)33-28/h4-5,8-11,17,20,26,29,33H,3,6-7,12-16,18-19H2,1-2H3/t20-,29-/m1/s1. The third-order valence-corrected chi connectivity index (χ3v) is 6.75. The van der Waals surface area contributed by atoms with Crippen molar-refractivity contribution in [3.63, 3.8) is 0 Å². The molecule has 0 spiro atoms. The highest BCUT2D eigenvalue weighted by molar-refractivity contribution is 5.85. The van der Waals surface area contributed by atoms with Gasteiger partial charge in [-0.2, -0.15) is 0 Å². The largest absolute Gasteiger partial charge is 0.490 e. The number of fused-ring (bicyclic) bond motifs is 3. The number of rotatable bonds is 15. The van der Waals surface area contributed by atoms with Crippen LogP contribution < -0.4 is 4.74 Å². The minimum absolute atomic E-state index is 0.0255. The molecule has 39 heavy (non-hydrogen) atoms. The second kappa shape index (κ2) is 14.3. The highest BCUT2D eigenvalue weighted by Gasteiger charge is 2.37. The molecule has 10 heteroatoms. The van der Waals surface area contributed by atoms with Crippen LogP contribution in [0.25, 0.3) is 10.9 Å². The molecular formula is C29H37F2N3O5. The van der Waals surface area contributed by atoms with E-state index in [1.54, 1.807) is 13.1 Å². The Morgan fingerprint density at radius 2 is 1.90 bits per heavy atom. The SMILES string of the molecule is CCOC(=O)COCCCCOCCOc1ccc([C@@H]2c3[nH]c4ccccc4c3C[C@@H](C)N2CC(F)F)nc1. The van der Waals surface area contributed by atoms with Gasteiger partial charge in [0.25, 0.3) is 6.43 Å². The first-order valence-corrected chi connectivity index (χ1v) is 13.5. The Bertz CT molecular complexity index is 1190. The molecule has 3 aromatic rings. The maximum absolute atomic E-state index is 13.6. The van der Waals surface area contributed by atoms with E-state index in [0.717, 1.165) is 29.4 Å². The molecule has 0 unspecified atom stereocenters. The minimum Gasteiger partial charge on any atom is -0.490 e. The van der Waals surface area contributed by atoms with Gasteiger partial charge >= 0.3 is 5.97 Å². The molecule has 0 amide bonds. The van der Waals surface area contributed by atoms with Gasteiger partial charge in [-0.05, 0) is 56.9 Å². The van der Waals surface area contributed by atoms with Gasteiger partial charge in [-0.15, -0.1) is 0 Å². The molecule has 2 aromatic heterocycles. The third-order valence-electron chi connectivity index (χ3n) is 6.75. The van der Waals surface area contributed by atoms with Crippen LogP contribution in [-0.2, 0) is 25.4 Å². The average Bonchev–Trinajstić information content (AvgIpc) is 3.28. The second-order valence-electron chi connectivity index (χ2n) is 9.55. The van der Waals surface area contributed by atoms with Crippen LogP contribution in [-0.4, -0.2) is 79.5 Å². The molecule has 0 radical (unpaired) electrons. The molecule has 2 atom stereocenters. The van der Waals surface area contributed by atoms with Gasteiger partial charge in [0.2, 0.25) is 0 Å². The quantitative estimate of drug-likeness (QED) is 0.214. The Morgan fingerprint density at radius 1 is 1.10 bits per heavy atom. The smallest absolute Gasteiger partial charge is 0.332 e. The number of aromatic amines is 1. The highest BCUT2D eigenvalue weighted by Crippen LogP contribution is 2.40. The minimum atomic E-state index is -2.44. The van der Waals surface area contributed by atoms with Gasteiger partial charge in [-0.1, -0.05) is 18.2 Å². The molecular weight excluding hydrogens is 508 g/mol. The summed E-state index contributed by atoms with van der Waals surface area (Å²) in [6.07, 6.45) is 1.49. The lowest BCUT2D eigenvalue weighted by molar-refractivity contribution is -0.148. The predicted molar refractivity (Wildman–Crippen MR) is 143 cm³/mol. The summed E-state index contributed by atoms with van der Waals surface area (Å²) in [5, 5.41) is 1.13. The lowest BCUT2D eigenvalue weighted by Crippen LogP contribution is -2.45. The van der Waals surface area contributed by atoms with E-state index in [-0.39, 0.29) is 25.2 Å². The summed E-state index contributed by atoms with van der Waals surface area (Å²) in [6, 6.07) is 11.3. The van der Waals surface area contributed by atoms with Gasteiger partial charge in [0.15, 0.2) is 0 Å². The monoisotopic (exact) mass is 545 g/mol. The Labute approximate surface area is 227 Å². The van der Waals surface area contributed by atoms with Crippen molar-refractivity contribution in [1.82, 2.24) is 14.9 Å². The van der Waals surface area contributed by atoms with E-state index in [2.05, 4.69) is 16.0 Å². The summed E-state index contributed by atoms with van der Waals surface area (Å²) >= 11 is 0. The van der Waals surface area contributed by atoms with E-state index in [9.17, 15) is 13.6 Å². The maximum Gasteiger partial charge on any atom is 0.332 e. The molecule has 212 valence electrons. The number of nitrogens with zero attached hydrogens (tertiary/aromatic N) is 2. The molecule has 0 aliphatic carbocycles. The molecule has 0 saturated carbocycles. The highest BCUT2D eigenvalue weighted by atomic mass is 19.3. The molecule has 1 aliphatic heterocycles. The van der Waals surface area contributed by atoms with Crippen molar-refractivity contribution in [2.75, 3.05) is 46.2 Å². The summed E-state index contributed by atoms with van der Waals surface area (Å²) in [4.78, 5) is 21.1. The number of hydrogen-bond donors (Lipinski definition) is 1. The van der Waals surface area contributed by atoms with E-state index in [1.807, 2.05) is 42.2 Å². The molecule has 0 bridgehead atoms. The Kier molecular flexibility index (Phi) is 10.6. The van der Waals surface area contributed by atoms with Crippen molar-refractivity contribution in [1.29, 1.82) is 0 Å². The van der Waals surface area contributed by atoms with Gasteiger partial charge in [0, 0.05) is 35.9 Å². The molecule has 8 nitrogen and oxygen atoms in total. The Balaban J connectivity index is 1.28. The van der Waals surface area contributed by atoms with E-state index in [1.165, 1.54) is 5.56 Å². The lowest BCUT2D eigenvalue weighted by Gasteiger charge is -2.40. The summed E-state index contributed by atoms with van der Waals surface area (Å²) in [5.41, 5.74) is 3.79. The molecule has 1 N–H and O–H groups in total. The number of ether oxygens (including phenoxy) is 4. The zero-order valence-electron chi connectivity index (χ0n) is 22.5. The fraction of sp³-hybridized carbons (Fsp3) is 0.517. The van der Waals surface area contributed by atoms with E-state index in [4.69, 9.17) is 18.9 Å². The fourth-order valence-electron chi connectivity index (χ4n) is 5.00. The Morgan fingerprint density at radius 3 is 2.64 bits per heavy atom. The summed E-state index contributed by atoms with van der Waals surface area (Å²) < 4.78 is 48.5. The predicted octanol–water partition coefficient (Wildman–Crippen LogP) is 4.92. The normalized spacial score (nSPS) is 17.5. The summed E-state index contributed by atoms with van der Waals surface area (Å²) in [7, 11) is 0. The second-order valence-corrected chi connectivity index (χ2v) is 9.55. The van der Waals surface area contributed by atoms with Crippen molar-refractivity contribution in [3.8, 4) is 5.75 Å². The van der Waals surface area contributed by atoms with Gasteiger partial charge in [-0.3, -0.25) is 9.88 Å². The van der Waals surface area contributed by atoms with Crippen molar-refractivity contribution in [2.45, 2.75) is 51.6 Å². The lowest BCUT2D eigenvalue weighted by atomic mass is 9.90. The van der Waals surface area contributed by atoms with E-state index < -0.39 is 12.5 Å². The Hall–Kier alpha value is -3.08. The number of unbranched alkanes of at least 4 members (excludes halogenated alkanes) is 1. The number of carbonyl (C=O) groups excluding carboxylic acids is 1. The van der Waals surface area contributed by atoms with Crippen LogP contribution >= 0.6 is 0 Å². The number of esters is 1. The zero-order chi connectivity index (χ0) is 27.6. The third kappa shape index (κ3) is 7.74. The fourth-order valence-corrected chi connectivity index (χ4v) is 5.00. The average molecular weight is 546 g/mol. The maximum atomic E-state index is 13.6. The zero-order valence-corrected chi connectivity index (χ0v) is 22.5. The molecule has 1 aromatic carbocycles. The molecule has 3 heterocycles. The van der Waals surface area contributed by atoms with Gasteiger partial charge < -0.3 is 23.9 Å². The van der Waals surface area contributed by atoms with E-state index in [0.29, 0.717) is 50.9 Å². The first-order chi connectivity index (χ1) is 19.0. The number of pyridine rings is 1. The molecule has 4 rings (SSSR count). The van der Waals surface area contributed by atoms with Crippen LogP contribution in [0.15, 0.2) is 42.6 Å². The first-order valence-electron chi connectivity index (χ1n) is 13.5. The number of alkyl halides is 2. The van der Waals surface area contributed by atoms with Crippen LogP contribution in [0, 0.1) is 0 Å². The van der Waals surface area contributed by atoms with Crippen molar-refractivity contribution in [3.05, 3.63) is 59.5 Å². The van der Waals surface area contributed by atoms with Crippen molar-refractivity contribution >= 4 is 16.9 Å². The van der Waals surface area contributed by atoms with Crippen LogP contribution in [0.5, 0.6) is 5.75 Å². The number of para-hydroxylation sites is 1. The van der Waals surface area contributed by atoms with Gasteiger partial charge in [0.1, 0.15) is 19.0 Å². The number of H-pyrrole nitrogens is 1. The van der Waals surface area contributed by atoms with Crippen LogP contribution in [0.1, 0.15) is 49.7 Å². The number of hydrogen-bond acceptors (Lipinski definition) is 7. The number of benzene rings is 1. The number of carbonyl (C=O) groups is 1. The van der Waals surface area contributed by atoms with Crippen LogP contribution in [0.2, 0.25) is 0 Å². The van der Waals surface area contributed by atoms with Crippen LogP contribution in [0.4, 0.5) is 8.78 Å². The van der Waals surface area contributed by atoms with Crippen LogP contribution in [0.3, 0.4) is 0 Å². The summed E-state index contributed by atoms with van der Waals surface area (Å²) in [6.45, 7) is 5.59.